The Bertz CT molecular complexity index is 1180. The number of aliphatic hydroxyl groups is 2. The van der Waals surface area contributed by atoms with Crippen LogP contribution < -0.4 is 5.63 Å². The standard InChI is InChI=1S/C30H42N2O4/c1-17(4-7-26-32-24-16-31-13-10-20(24)28(35)36-26)21-5-6-22-27-23(9-12-30(21,22)3)29(2)11-8-19(33)14-18(29)15-25(27)34/h10,13,16-19,21-23,25,27,33-34H,4-9,11-12,14-15H2,1-3H3/t17-,18+,19-,21-,22+,23?,25-,27+,29+,30-/m1/s1. The van der Waals surface area contributed by atoms with Gasteiger partial charge in [-0.1, -0.05) is 20.8 Å². The number of fused-ring (bicyclic) bond motifs is 6. The van der Waals surface area contributed by atoms with Crippen LogP contribution in [0.3, 0.4) is 0 Å². The molecule has 2 aromatic rings. The van der Waals surface area contributed by atoms with Gasteiger partial charge in [-0.15, -0.1) is 0 Å². The third-order valence-electron chi connectivity index (χ3n) is 11.7. The molecule has 1 unspecified atom stereocenters. The van der Waals surface area contributed by atoms with E-state index in [1.807, 2.05) is 0 Å². The number of aryl methyl sites for hydroxylation is 1. The summed E-state index contributed by atoms with van der Waals surface area (Å²) >= 11 is 0. The first-order valence-electron chi connectivity index (χ1n) is 14.3. The Kier molecular flexibility index (Phi) is 6.07. The van der Waals surface area contributed by atoms with Crippen LogP contribution in [0.15, 0.2) is 27.7 Å². The highest BCUT2D eigenvalue weighted by molar-refractivity contribution is 5.75. The maximum atomic E-state index is 12.4. The number of hydrogen-bond acceptors (Lipinski definition) is 6. The molecule has 6 nitrogen and oxygen atoms in total. The molecule has 0 aliphatic heterocycles. The van der Waals surface area contributed by atoms with Crippen molar-refractivity contribution in [2.24, 2.45) is 46.3 Å². The van der Waals surface area contributed by atoms with Gasteiger partial charge in [0, 0.05) is 12.6 Å². The van der Waals surface area contributed by atoms with Gasteiger partial charge in [0.2, 0.25) is 0 Å². The summed E-state index contributed by atoms with van der Waals surface area (Å²) in [6, 6.07) is 1.66. The number of aromatic nitrogens is 2. The maximum absolute atomic E-state index is 12.4. The third kappa shape index (κ3) is 3.77. The summed E-state index contributed by atoms with van der Waals surface area (Å²) in [5.74, 6) is 3.63. The summed E-state index contributed by atoms with van der Waals surface area (Å²) in [5.41, 5.74) is 0.795. The molecule has 36 heavy (non-hydrogen) atoms. The Hall–Kier alpha value is -1.79. The van der Waals surface area contributed by atoms with E-state index in [9.17, 15) is 15.0 Å². The highest BCUT2D eigenvalue weighted by Crippen LogP contribution is 2.68. The number of pyridine rings is 1. The molecular formula is C30H42N2O4. The summed E-state index contributed by atoms with van der Waals surface area (Å²) < 4.78 is 5.54. The van der Waals surface area contributed by atoms with E-state index >= 15 is 0 Å². The summed E-state index contributed by atoms with van der Waals surface area (Å²) in [7, 11) is 0. The van der Waals surface area contributed by atoms with Crippen LogP contribution in [-0.4, -0.2) is 32.4 Å². The lowest BCUT2D eigenvalue weighted by molar-refractivity contribution is -0.174. The van der Waals surface area contributed by atoms with Crippen molar-refractivity contribution in [3.8, 4) is 0 Å². The van der Waals surface area contributed by atoms with Crippen LogP contribution in [0.1, 0.15) is 84.4 Å². The van der Waals surface area contributed by atoms with Crippen molar-refractivity contribution in [2.75, 3.05) is 0 Å². The van der Waals surface area contributed by atoms with Gasteiger partial charge in [-0.25, -0.2) is 9.78 Å². The first-order valence-corrected chi connectivity index (χ1v) is 14.3. The van der Waals surface area contributed by atoms with Crippen LogP contribution in [0, 0.1) is 46.3 Å². The molecule has 4 fully saturated rings. The third-order valence-corrected chi connectivity index (χ3v) is 11.7. The fraction of sp³-hybridized carbons (Fsp3) is 0.767. The van der Waals surface area contributed by atoms with Gasteiger partial charge in [-0.2, -0.15) is 0 Å². The van der Waals surface area contributed by atoms with Crippen molar-refractivity contribution in [3.05, 3.63) is 34.8 Å². The van der Waals surface area contributed by atoms with Crippen LogP contribution in [0.4, 0.5) is 0 Å². The Labute approximate surface area is 213 Å². The van der Waals surface area contributed by atoms with Gasteiger partial charge in [0.05, 0.1) is 29.3 Å². The largest absolute Gasteiger partial charge is 0.408 e. The molecule has 2 heterocycles. The highest BCUT2D eigenvalue weighted by Gasteiger charge is 2.62. The van der Waals surface area contributed by atoms with Crippen LogP contribution in [0.25, 0.3) is 10.9 Å². The quantitative estimate of drug-likeness (QED) is 0.611. The molecule has 0 aromatic carbocycles. The van der Waals surface area contributed by atoms with Crippen LogP contribution >= 0.6 is 0 Å². The highest BCUT2D eigenvalue weighted by atomic mass is 16.4. The fourth-order valence-corrected chi connectivity index (χ4v) is 9.80. The van der Waals surface area contributed by atoms with Gasteiger partial charge in [0.15, 0.2) is 5.89 Å². The van der Waals surface area contributed by atoms with E-state index in [1.54, 1.807) is 18.5 Å². The summed E-state index contributed by atoms with van der Waals surface area (Å²) in [6.45, 7) is 7.35. The number of rotatable bonds is 4. The van der Waals surface area contributed by atoms with Gasteiger partial charge >= 0.3 is 5.63 Å². The van der Waals surface area contributed by atoms with Crippen LogP contribution in [-0.2, 0) is 6.42 Å². The number of nitrogens with zero attached hydrogens (tertiary/aromatic N) is 2. The average Bonchev–Trinajstić information content (AvgIpc) is 3.21. The molecule has 2 N–H and O–H groups in total. The Balaban J connectivity index is 1.18. The van der Waals surface area contributed by atoms with Gasteiger partial charge in [0.25, 0.3) is 0 Å². The van der Waals surface area contributed by atoms with E-state index in [2.05, 4.69) is 30.7 Å². The molecule has 4 aliphatic rings. The van der Waals surface area contributed by atoms with Crippen molar-refractivity contribution < 1.29 is 14.6 Å². The van der Waals surface area contributed by atoms with Gasteiger partial charge in [0.1, 0.15) is 0 Å². The van der Waals surface area contributed by atoms with Gasteiger partial charge < -0.3 is 14.6 Å². The van der Waals surface area contributed by atoms with Gasteiger partial charge in [-0.3, -0.25) is 4.98 Å². The summed E-state index contributed by atoms with van der Waals surface area (Å²) in [5, 5.41) is 22.3. The van der Waals surface area contributed by atoms with Crippen LogP contribution in [0.5, 0.6) is 0 Å². The van der Waals surface area contributed by atoms with E-state index in [0.29, 0.717) is 58.7 Å². The summed E-state index contributed by atoms with van der Waals surface area (Å²) in [4.78, 5) is 21.0. The molecule has 0 bridgehead atoms. The minimum Gasteiger partial charge on any atom is -0.408 e. The molecule has 2 aromatic heterocycles. The Morgan fingerprint density at radius 3 is 2.69 bits per heavy atom. The molecule has 0 saturated heterocycles. The molecule has 4 saturated carbocycles. The first kappa shape index (κ1) is 24.5. The van der Waals surface area contributed by atoms with E-state index in [-0.39, 0.29) is 28.7 Å². The molecule has 196 valence electrons. The van der Waals surface area contributed by atoms with E-state index in [0.717, 1.165) is 32.1 Å². The molecule has 4 aliphatic carbocycles. The lowest BCUT2D eigenvalue weighted by atomic mass is 9.43. The van der Waals surface area contributed by atoms with Crippen molar-refractivity contribution >= 4 is 10.9 Å². The van der Waals surface area contributed by atoms with Crippen LogP contribution in [0.2, 0.25) is 0 Å². The second-order valence-electron chi connectivity index (χ2n) is 13.3. The molecule has 6 heteroatoms. The number of hydrogen-bond donors (Lipinski definition) is 2. The van der Waals surface area contributed by atoms with Gasteiger partial charge in [-0.05, 0) is 110 Å². The van der Waals surface area contributed by atoms with Crippen molar-refractivity contribution in [1.82, 2.24) is 9.97 Å². The maximum Gasteiger partial charge on any atom is 0.346 e. The first-order chi connectivity index (χ1) is 17.2. The molecule has 0 radical (unpaired) electrons. The fourth-order valence-electron chi connectivity index (χ4n) is 9.80. The van der Waals surface area contributed by atoms with E-state index < -0.39 is 0 Å². The van der Waals surface area contributed by atoms with Crippen molar-refractivity contribution in [3.63, 3.8) is 0 Å². The molecule has 0 spiro atoms. The zero-order valence-corrected chi connectivity index (χ0v) is 22.0. The summed E-state index contributed by atoms with van der Waals surface area (Å²) in [6.07, 6.45) is 13.0. The topological polar surface area (TPSA) is 96.5 Å². The predicted octanol–water partition coefficient (Wildman–Crippen LogP) is 5.14. The Morgan fingerprint density at radius 2 is 1.86 bits per heavy atom. The molecule has 6 rings (SSSR count). The normalized spacial score (nSPS) is 43.0. The molecule has 0 amide bonds. The predicted molar refractivity (Wildman–Crippen MR) is 138 cm³/mol. The van der Waals surface area contributed by atoms with E-state index in [1.165, 1.54) is 25.7 Å². The van der Waals surface area contributed by atoms with E-state index in [4.69, 9.17) is 4.42 Å². The number of aliphatic hydroxyl groups excluding tert-OH is 2. The SMILES string of the molecule is C[C@H](CCc1nc2cnccc2c(=O)o1)[C@H]1CC[C@H]2[C@H]3C(CC[C@]12C)[C@@]1(C)CC[C@@H](O)C[C@H]1C[C@H]3O. The smallest absolute Gasteiger partial charge is 0.346 e. The monoisotopic (exact) mass is 494 g/mol. The second kappa shape index (κ2) is 8.90. The lowest BCUT2D eigenvalue weighted by Gasteiger charge is -2.62. The zero-order chi connectivity index (χ0) is 25.2. The minimum atomic E-state index is -0.329. The lowest BCUT2D eigenvalue weighted by Crippen LogP contribution is -2.58. The zero-order valence-electron chi connectivity index (χ0n) is 22.0. The Morgan fingerprint density at radius 1 is 1.08 bits per heavy atom. The molecule has 10 atom stereocenters. The average molecular weight is 495 g/mol. The molecular weight excluding hydrogens is 452 g/mol. The van der Waals surface area contributed by atoms with Crippen molar-refractivity contribution in [1.29, 1.82) is 0 Å². The second-order valence-corrected chi connectivity index (χ2v) is 13.3. The van der Waals surface area contributed by atoms with Crippen molar-refractivity contribution in [2.45, 2.75) is 97.2 Å². The minimum absolute atomic E-state index is 0.185.